The summed E-state index contributed by atoms with van der Waals surface area (Å²) < 4.78 is -0.437. The number of carbonyl (C=O) groups is 2. The lowest BCUT2D eigenvalue weighted by Gasteiger charge is -1.95. The fourth-order valence-electron chi connectivity index (χ4n) is 0.286. The summed E-state index contributed by atoms with van der Waals surface area (Å²) in [6, 6.07) is 0. The Labute approximate surface area is 61.8 Å². The molecule has 0 aliphatic carbocycles. The smallest absolute Gasteiger partial charge is 0.150 e. The Hall–Kier alpha value is 0.0700. The highest BCUT2D eigenvalue weighted by Gasteiger charge is 2.13. The minimum absolute atomic E-state index is 0.0712. The van der Waals surface area contributed by atoms with Crippen molar-refractivity contribution in [3.63, 3.8) is 0 Å². The van der Waals surface area contributed by atoms with E-state index in [-0.39, 0.29) is 11.6 Å². The van der Waals surface area contributed by atoms with Gasteiger partial charge in [-0.1, -0.05) is 22.6 Å². The van der Waals surface area contributed by atoms with Crippen molar-refractivity contribution in [1.29, 1.82) is 0 Å². The molecule has 0 saturated carbocycles. The van der Waals surface area contributed by atoms with Gasteiger partial charge in [-0.2, -0.15) is 0 Å². The normalized spacial score (nSPS) is 9.50. The highest BCUT2D eigenvalue weighted by Crippen LogP contribution is 2.01. The summed E-state index contributed by atoms with van der Waals surface area (Å²) in [7, 11) is 0. The number of halogens is 1. The maximum absolute atomic E-state index is 10.4. The highest BCUT2D eigenvalue weighted by molar-refractivity contribution is 14.1. The van der Waals surface area contributed by atoms with Gasteiger partial charge in [0.15, 0.2) is 0 Å². The summed E-state index contributed by atoms with van der Waals surface area (Å²) in [6.45, 7) is 2.83. The van der Waals surface area contributed by atoms with Gasteiger partial charge in [-0.05, 0) is 13.8 Å². The molecule has 8 heavy (non-hydrogen) atoms. The van der Waals surface area contributed by atoms with Crippen LogP contribution in [0.5, 0.6) is 0 Å². The van der Waals surface area contributed by atoms with Gasteiger partial charge in [-0.15, -0.1) is 0 Å². The average Bonchev–Trinajstić information content (AvgIpc) is 1.64. The Kier molecular flexibility index (Phi) is 3.19. The molecule has 46 valence electrons. The third kappa shape index (κ3) is 2.40. The van der Waals surface area contributed by atoms with Crippen molar-refractivity contribution < 1.29 is 9.59 Å². The van der Waals surface area contributed by atoms with Crippen LogP contribution in [0.3, 0.4) is 0 Å². The molecule has 0 bridgehead atoms. The van der Waals surface area contributed by atoms with Gasteiger partial charge in [0.05, 0.1) is 0 Å². The first kappa shape index (κ1) is 8.07. The Morgan fingerprint density at radius 3 is 1.50 bits per heavy atom. The van der Waals surface area contributed by atoms with E-state index in [2.05, 4.69) is 0 Å². The van der Waals surface area contributed by atoms with Crippen LogP contribution in [0, 0.1) is 0 Å². The predicted molar refractivity (Wildman–Crippen MR) is 39.2 cm³/mol. The molecule has 2 nitrogen and oxygen atoms in total. The van der Waals surface area contributed by atoms with E-state index < -0.39 is 3.92 Å². The number of hydrogen-bond donors (Lipinski definition) is 0. The molecule has 0 aliphatic heterocycles. The van der Waals surface area contributed by atoms with Gasteiger partial charge >= 0.3 is 0 Å². The lowest BCUT2D eigenvalue weighted by Crippen LogP contribution is -2.17. The van der Waals surface area contributed by atoms with Gasteiger partial charge in [-0.25, -0.2) is 0 Å². The molecular formula is C5H7IO2. The first-order chi connectivity index (χ1) is 3.55. The Bertz CT molecular complexity index is 106. The van der Waals surface area contributed by atoms with Crippen molar-refractivity contribution in [2.75, 3.05) is 0 Å². The monoisotopic (exact) mass is 226 g/mol. The zero-order valence-corrected chi connectivity index (χ0v) is 6.93. The van der Waals surface area contributed by atoms with E-state index in [1.165, 1.54) is 13.8 Å². The molecule has 0 fully saturated rings. The third-order valence-corrected chi connectivity index (χ3v) is 2.47. The second-order valence-corrected chi connectivity index (χ2v) is 2.83. The van der Waals surface area contributed by atoms with Gasteiger partial charge in [0.2, 0.25) is 0 Å². The molecule has 0 saturated heterocycles. The van der Waals surface area contributed by atoms with Gasteiger partial charge in [0.1, 0.15) is 15.5 Å². The van der Waals surface area contributed by atoms with Crippen molar-refractivity contribution in [2.45, 2.75) is 17.8 Å². The summed E-state index contributed by atoms with van der Waals surface area (Å²) in [5.41, 5.74) is 0. The molecular weight excluding hydrogens is 219 g/mol. The molecule has 0 aromatic rings. The molecule has 0 N–H and O–H groups in total. The summed E-state index contributed by atoms with van der Waals surface area (Å²) in [6.07, 6.45) is 0. The van der Waals surface area contributed by atoms with Crippen molar-refractivity contribution in [3.8, 4) is 0 Å². The zero-order chi connectivity index (χ0) is 6.73. The van der Waals surface area contributed by atoms with Crippen LogP contribution >= 0.6 is 22.6 Å². The van der Waals surface area contributed by atoms with Crippen molar-refractivity contribution in [2.24, 2.45) is 0 Å². The first-order valence-electron chi connectivity index (χ1n) is 2.20. The fourth-order valence-corrected chi connectivity index (χ4v) is 0.286. The molecule has 0 aliphatic rings. The van der Waals surface area contributed by atoms with E-state index in [1.807, 2.05) is 22.6 Å². The van der Waals surface area contributed by atoms with Gasteiger partial charge in [0, 0.05) is 0 Å². The van der Waals surface area contributed by atoms with Crippen LogP contribution in [-0.2, 0) is 9.59 Å². The maximum Gasteiger partial charge on any atom is 0.150 e. The summed E-state index contributed by atoms with van der Waals surface area (Å²) in [4.78, 5) is 20.7. The second kappa shape index (κ2) is 3.17. The Morgan fingerprint density at radius 1 is 1.25 bits per heavy atom. The molecule has 0 atom stereocenters. The van der Waals surface area contributed by atoms with Gasteiger partial charge in [-0.3, -0.25) is 9.59 Å². The SMILES string of the molecule is CC(=O)C(I)C(C)=O. The number of Topliss-reactive ketones (excluding diaryl/α,β-unsaturated/α-hetero) is 2. The van der Waals surface area contributed by atoms with E-state index in [0.29, 0.717) is 0 Å². The fraction of sp³-hybridized carbons (Fsp3) is 0.600. The molecule has 0 unspecified atom stereocenters. The number of ketones is 2. The van der Waals surface area contributed by atoms with Crippen LogP contribution in [0.4, 0.5) is 0 Å². The van der Waals surface area contributed by atoms with Crippen molar-refractivity contribution >= 4 is 34.2 Å². The van der Waals surface area contributed by atoms with Crippen molar-refractivity contribution in [1.82, 2.24) is 0 Å². The molecule has 0 heterocycles. The van der Waals surface area contributed by atoms with E-state index >= 15 is 0 Å². The average molecular weight is 226 g/mol. The number of rotatable bonds is 2. The molecule has 0 aromatic carbocycles. The Morgan fingerprint density at radius 2 is 1.50 bits per heavy atom. The number of carbonyl (C=O) groups excluding carboxylic acids is 2. The summed E-state index contributed by atoms with van der Waals surface area (Å²) >= 11 is 1.82. The standard InChI is InChI=1S/C5H7IO2/c1-3(7)5(6)4(2)8/h5H,1-2H3. The molecule has 3 heteroatoms. The molecule has 0 radical (unpaired) electrons. The number of alkyl halides is 1. The minimum atomic E-state index is -0.437. The Balaban J connectivity index is 3.83. The van der Waals surface area contributed by atoms with Crippen LogP contribution in [0.1, 0.15) is 13.8 Å². The molecule has 0 spiro atoms. The van der Waals surface area contributed by atoms with Crippen molar-refractivity contribution in [3.05, 3.63) is 0 Å². The van der Waals surface area contributed by atoms with E-state index in [9.17, 15) is 9.59 Å². The van der Waals surface area contributed by atoms with Crippen LogP contribution in [0.2, 0.25) is 0 Å². The number of hydrogen-bond acceptors (Lipinski definition) is 2. The largest absolute Gasteiger partial charge is 0.298 e. The lowest BCUT2D eigenvalue weighted by atomic mass is 10.2. The van der Waals surface area contributed by atoms with Crippen LogP contribution in [0.25, 0.3) is 0 Å². The van der Waals surface area contributed by atoms with E-state index in [1.54, 1.807) is 0 Å². The zero-order valence-electron chi connectivity index (χ0n) is 4.77. The van der Waals surface area contributed by atoms with E-state index in [0.717, 1.165) is 0 Å². The van der Waals surface area contributed by atoms with Crippen LogP contribution < -0.4 is 0 Å². The third-order valence-electron chi connectivity index (χ3n) is 0.714. The minimum Gasteiger partial charge on any atom is -0.298 e. The predicted octanol–water partition coefficient (Wildman–Crippen LogP) is 0.968. The summed E-state index contributed by atoms with van der Waals surface area (Å²) in [5.74, 6) is -0.142. The highest BCUT2D eigenvalue weighted by atomic mass is 127. The van der Waals surface area contributed by atoms with Crippen LogP contribution in [0.15, 0.2) is 0 Å². The lowest BCUT2D eigenvalue weighted by molar-refractivity contribution is -0.123. The molecule has 0 rings (SSSR count). The van der Waals surface area contributed by atoms with Crippen LogP contribution in [-0.4, -0.2) is 15.5 Å². The van der Waals surface area contributed by atoms with Gasteiger partial charge in [0.25, 0.3) is 0 Å². The quantitative estimate of drug-likeness (QED) is 0.399. The molecule has 0 aromatic heterocycles. The summed E-state index contributed by atoms with van der Waals surface area (Å²) in [5, 5.41) is 0. The maximum atomic E-state index is 10.4. The molecule has 0 amide bonds. The van der Waals surface area contributed by atoms with E-state index in [4.69, 9.17) is 0 Å². The topological polar surface area (TPSA) is 34.1 Å². The second-order valence-electron chi connectivity index (χ2n) is 1.58. The van der Waals surface area contributed by atoms with Gasteiger partial charge < -0.3 is 0 Å². The first-order valence-corrected chi connectivity index (χ1v) is 3.45.